The van der Waals surface area contributed by atoms with E-state index in [0.717, 1.165) is 11.1 Å². The summed E-state index contributed by atoms with van der Waals surface area (Å²) in [6, 6.07) is 1.76. The molecule has 1 rings (SSSR count). The molecule has 0 aliphatic heterocycles. The molecule has 0 heterocycles. The monoisotopic (exact) mass is 267 g/mol. The maximum atomic E-state index is 11.2. The first-order valence-electron chi connectivity index (χ1n) is 5.98. The third-order valence-electron chi connectivity index (χ3n) is 3.20. The Hall–Kier alpha value is -1.91. The molecule has 1 aromatic carbocycles. The Balaban J connectivity index is 3.34. The lowest BCUT2D eigenvalue weighted by molar-refractivity contribution is -0.141. The number of ether oxygens (including phenoxy) is 2. The maximum Gasteiger partial charge on any atom is 0.328 e. The fourth-order valence-electron chi connectivity index (χ4n) is 1.82. The molecule has 19 heavy (non-hydrogen) atoms. The zero-order chi connectivity index (χ0) is 14.8. The first-order chi connectivity index (χ1) is 8.74. The van der Waals surface area contributed by atoms with E-state index in [2.05, 4.69) is 5.32 Å². The predicted octanol–water partition coefficient (Wildman–Crippen LogP) is 2.60. The van der Waals surface area contributed by atoms with Crippen LogP contribution in [0.1, 0.15) is 25.0 Å². The standard InChI is InChI=1S/C14H21NO4/c1-8-9(2)12(19-6)10(7-11(8)18-5)15-14(3,4)13(16)17/h7,15H,1-6H3,(H,16,17). The number of anilines is 1. The van der Waals surface area contributed by atoms with E-state index in [9.17, 15) is 9.90 Å². The lowest BCUT2D eigenvalue weighted by Gasteiger charge is -2.25. The number of carboxylic acids is 1. The number of carbonyl (C=O) groups is 1. The largest absolute Gasteiger partial charge is 0.496 e. The van der Waals surface area contributed by atoms with Crippen LogP contribution in [-0.4, -0.2) is 30.8 Å². The molecule has 0 aliphatic rings. The van der Waals surface area contributed by atoms with E-state index in [4.69, 9.17) is 9.47 Å². The van der Waals surface area contributed by atoms with Crippen molar-refractivity contribution in [2.75, 3.05) is 19.5 Å². The van der Waals surface area contributed by atoms with Crippen LogP contribution < -0.4 is 14.8 Å². The summed E-state index contributed by atoms with van der Waals surface area (Å²) in [5.41, 5.74) is 1.40. The molecule has 0 fully saturated rings. The molecule has 106 valence electrons. The first kappa shape index (κ1) is 15.1. The van der Waals surface area contributed by atoms with Gasteiger partial charge in [-0.05, 0) is 38.8 Å². The molecular weight excluding hydrogens is 246 g/mol. The molecule has 0 amide bonds. The summed E-state index contributed by atoms with van der Waals surface area (Å²) in [6.07, 6.45) is 0. The second-order valence-corrected chi connectivity index (χ2v) is 4.96. The number of hydrogen-bond donors (Lipinski definition) is 2. The molecule has 5 nitrogen and oxygen atoms in total. The van der Waals surface area contributed by atoms with Crippen LogP contribution in [0.15, 0.2) is 6.07 Å². The van der Waals surface area contributed by atoms with Crippen LogP contribution in [0.5, 0.6) is 11.5 Å². The minimum Gasteiger partial charge on any atom is -0.496 e. The van der Waals surface area contributed by atoms with Gasteiger partial charge < -0.3 is 19.9 Å². The number of nitrogens with one attached hydrogen (secondary N) is 1. The van der Waals surface area contributed by atoms with Crippen molar-refractivity contribution in [3.63, 3.8) is 0 Å². The van der Waals surface area contributed by atoms with Crippen LogP contribution in [0, 0.1) is 13.8 Å². The van der Waals surface area contributed by atoms with Gasteiger partial charge >= 0.3 is 5.97 Å². The van der Waals surface area contributed by atoms with E-state index in [1.807, 2.05) is 13.8 Å². The summed E-state index contributed by atoms with van der Waals surface area (Å²) in [5, 5.41) is 12.2. The molecule has 0 bridgehead atoms. The minimum absolute atomic E-state index is 0.606. The molecule has 5 heteroatoms. The lowest BCUT2D eigenvalue weighted by atomic mass is 10.0. The zero-order valence-electron chi connectivity index (χ0n) is 12.2. The number of benzene rings is 1. The molecule has 2 N–H and O–H groups in total. The zero-order valence-corrected chi connectivity index (χ0v) is 12.2. The normalized spacial score (nSPS) is 11.1. The smallest absolute Gasteiger partial charge is 0.328 e. The van der Waals surface area contributed by atoms with Crippen molar-refractivity contribution < 1.29 is 19.4 Å². The van der Waals surface area contributed by atoms with Gasteiger partial charge in [-0.25, -0.2) is 4.79 Å². The van der Waals surface area contributed by atoms with Gasteiger partial charge in [-0.3, -0.25) is 0 Å². The number of carboxylic acid groups (broad SMARTS) is 1. The molecule has 0 atom stereocenters. The van der Waals surface area contributed by atoms with E-state index < -0.39 is 11.5 Å². The van der Waals surface area contributed by atoms with Crippen molar-refractivity contribution in [1.82, 2.24) is 0 Å². The van der Waals surface area contributed by atoms with Crippen LogP contribution >= 0.6 is 0 Å². The van der Waals surface area contributed by atoms with Crippen LogP contribution in [0.2, 0.25) is 0 Å². The third kappa shape index (κ3) is 2.92. The Kier molecular flexibility index (Phi) is 4.29. The van der Waals surface area contributed by atoms with Gasteiger partial charge in [0.05, 0.1) is 19.9 Å². The molecule has 0 aliphatic carbocycles. The Morgan fingerprint density at radius 1 is 1.21 bits per heavy atom. The molecule has 0 unspecified atom stereocenters. The van der Waals surface area contributed by atoms with E-state index in [-0.39, 0.29) is 0 Å². The van der Waals surface area contributed by atoms with Gasteiger partial charge in [0.25, 0.3) is 0 Å². The van der Waals surface area contributed by atoms with Gasteiger partial charge in [0.1, 0.15) is 17.0 Å². The summed E-state index contributed by atoms with van der Waals surface area (Å²) in [4.78, 5) is 11.2. The number of hydrogen-bond acceptors (Lipinski definition) is 4. The lowest BCUT2D eigenvalue weighted by Crippen LogP contribution is -2.40. The highest BCUT2D eigenvalue weighted by Gasteiger charge is 2.28. The van der Waals surface area contributed by atoms with Crippen LogP contribution in [0.3, 0.4) is 0 Å². The van der Waals surface area contributed by atoms with Gasteiger partial charge in [-0.15, -0.1) is 0 Å². The van der Waals surface area contributed by atoms with Crippen LogP contribution in [0.25, 0.3) is 0 Å². The van der Waals surface area contributed by atoms with E-state index in [1.54, 1.807) is 34.1 Å². The van der Waals surface area contributed by atoms with Gasteiger partial charge in [0.2, 0.25) is 0 Å². The molecule has 1 aromatic rings. The third-order valence-corrected chi connectivity index (χ3v) is 3.20. The number of methoxy groups -OCH3 is 2. The van der Waals surface area contributed by atoms with Crippen molar-refractivity contribution in [1.29, 1.82) is 0 Å². The van der Waals surface area contributed by atoms with E-state index in [1.165, 1.54) is 0 Å². The first-order valence-corrected chi connectivity index (χ1v) is 5.98. The van der Waals surface area contributed by atoms with E-state index in [0.29, 0.717) is 17.2 Å². The summed E-state index contributed by atoms with van der Waals surface area (Å²) < 4.78 is 10.7. The van der Waals surface area contributed by atoms with Gasteiger partial charge in [-0.2, -0.15) is 0 Å². The fraction of sp³-hybridized carbons (Fsp3) is 0.500. The van der Waals surface area contributed by atoms with Crippen molar-refractivity contribution >= 4 is 11.7 Å². The molecular formula is C14H21NO4. The quantitative estimate of drug-likeness (QED) is 0.858. The Bertz CT molecular complexity index is 495. The summed E-state index contributed by atoms with van der Waals surface area (Å²) >= 11 is 0. The van der Waals surface area contributed by atoms with Crippen molar-refractivity contribution in [2.24, 2.45) is 0 Å². The predicted molar refractivity (Wildman–Crippen MR) is 74.4 cm³/mol. The van der Waals surface area contributed by atoms with Crippen molar-refractivity contribution in [3.05, 3.63) is 17.2 Å². The van der Waals surface area contributed by atoms with Gasteiger partial charge in [0, 0.05) is 6.07 Å². The molecule has 0 radical (unpaired) electrons. The average molecular weight is 267 g/mol. The summed E-state index contributed by atoms with van der Waals surface area (Å²) in [7, 11) is 3.15. The minimum atomic E-state index is -1.10. The molecule has 0 spiro atoms. The summed E-state index contributed by atoms with van der Waals surface area (Å²) in [6.45, 7) is 7.03. The highest BCUT2D eigenvalue weighted by Crippen LogP contribution is 2.38. The van der Waals surface area contributed by atoms with Crippen molar-refractivity contribution in [3.8, 4) is 11.5 Å². The topological polar surface area (TPSA) is 67.8 Å². The highest BCUT2D eigenvalue weighted by atomic mass is 16.5. The second kappa shape index (κ2) is 5.38. The number of rotatable bonds is 5. The molecule has 0 saturated heterocycles. The van der Waals surface area contributed by atoms with Gasteiger partial charge in [-0.1, -0.05) is 0 Å². The molecule has 0 aromatic heterocycles. The van der Waals surface area contributed by atoms with Crippen LogP contribution in [-0.2, 0) is 4.79 Å². The fourth-order valence-corrected chi connectivity index (χ4v) is 1.82. The highest BCUT2D eigenvalue weighted by molar-refractivity contribution is 5.83. The Morgan fingerprint density at radius 2 is 1.79 bits per heavy atom. The average Bonchev–Trinajstić information content (AvgIpc) is 2.33. The van der Waals surface area contributed by atoms with E-state index >= 15 is 0 Å². The maximum absolute atomic E-state index is 11.2. The summed E-state index contributed by atoms with van der Waals surface area (Å²) in [5.74, 6) is 0.390. The Morgan fingerprint density at radius 3 is 2.21 bits per heavy atom. The Labute approximate surface area is 113 Å². The van der Waals surface area contributed by atoms with Gasteiger partial charge in [0.15, 0.2) is 0 Å². The van der Waals surface area contributed by atoms with Crippen LogP contribution in [0.4, 0.5) is 5.69 Å². The van der Waals surface area contributed by atoms with Crippen molar-refractivity contribution in [2.45, 2.75) is 33.2 Å². The second-order valence-electron chi connectivity index (χ2n) is 4.96. The SMILES string of the molecule is COc1cc(NC(C)(C)C(=O)O)c(OC)c(C)c1C. The number of aliphatic carboxylic acids is 1. The molecule has 0 saturated carbocycles.